The van der Waals surface area contributed by atoms with E-state index in [4.69, 9.17) is 32.7 Å². The fraction of sp³-hybridized carbons (Fsp3) is 0.381. The molecule has 0 bridgehead atoms. The molecule has 0 aliphatic heterocycles. The first-order valence-corrected chi connectivity index (χ1v) is 10.8. The summed E-state index contributed by atoms with van der Waals surface area (Å²) < 4.78 is 12.0. The van der Waals surface area contributed by atoms with E-state index in [0.717, 1.165) is 23.9 Å². The molecule has 0 saturated heterocycles. The van der Waals surface area contributed by atoms with E-state index in [1.54, 1.807) is 18.2 Å². The van der Waals surface area contributed by atoms with Crippen molar-refractivity contribution in [2.45, 2.75) is 52.7 Å². The van der Waals surface area contributed by atoms with Gasteiger partial charge in [0.25, 0.3) is 0 Å². The largest absolute Gasteiger partial charge is 0.491 e. The van der Waals surface area contributed by atoms with Gasteiger partial charge in [0.1, 0.15) is 11.5 Å². The van der Waals surface area contributed by atoms with Crippen molar-refractivity contribution in [2.75, 3.05) is 0 Å². The highest BCUT2D eigenvalue weighted by Crippen LogP contribution is 2.33. The summed E-state index contributed by atoms with van der Waals surface area (Å²) in [6, 6.07) is 10.7. The SMILES string of the molecule is CCC(C)Oc1ccc(PC(=O)c2c(Cl)cccc2Cl)c(OC(C)CC)c1. The number of carbonyl (C=O) groups excluding carboxylic acids is 1. The summed E-state index contributed by atoms with van der Waals surface area (Å²) in [6.07, 6.45) is 1.92. The van der Waals surface area contributed by atoms with Gasteiger partial charge in [-0.05, 0) is 59.5 Å². The molecular formula is C21H25Cl2O3P. The minimum atomic E-state index is -0.148. The zero-order valence-electron chi connectivity index (χ0n) is 16.0. The van der Waals surface area contributed by atoms with Crippen LogP contribution in [0.5, 0.6) is 11.5 Å². The van der Waals surface area contributed by atoms with Crippen LogP contribution in [0, 0.1) is 0 Å². The number of benzene rings is 2. The molecule has 0 aliphatic rings. The van der Waals surface area contributed by atoms with Gasteiger partial charge >= 0.3 is 0 Å². The Morgan fingerprint density at radius 1 is 1.00 bits per heavy atom. The molecule has 0 radical (unpaired) electrons. The van der Waals surface area contributed by atoms with Gasteiger partial charge < -0.3 is 9.47 Å². The van der Waals surface area contributed by atoms with Gasteiger partial charge in [-0.25, -0.2) is 0 Å². The highest BCUT2D eigenvalue weighted by molar-refractivity contribution is 7.66. The van der Waals surface area contributed by atoms with Crippen LogP contribution < -0.4 is 14.8 Å². The van der Waals surface area contributed by atoms with Gasteiger partial charge in [-0.1, -0.05) is 43.1 Å². The van der Waals surface area contributed by atoms with Crippen molar-refractivity contribution in [3.05, 3.63) is 52.0 Å². The minimum absolute atomic E-state index is 0.0337. The third-order valence-corrected chi connectivity index (χ3v) is 6.00. The Morgan fingerprint density at radius 2 is 1.59 bits per heavy atom. The van der Waals surface area contributed by atoms with E-state index in [1.165, 1.54) is 0 Å². The third-order valence-electron chi connectivity index (χ3n) is 4.21. The van der Waals surface area contributed by atoms with Gasteiger partial charge in [0.2, 0.25) is 0 Å². The van der Waals surface area contributed by atoms with Gasteiger partial charge in [0, 0.05) is 11.4 Å². The van der Waals surface area contributed by atoms with Crippen LogP contribution in [-0.2, 0) is 0 Å². The number of ether oxygens (including phenoxy) is 2. The van der Waals surface area contributed by atoms with E-state index in [0.29, 0.717) is 21.4 Å². The molecule has 27 heavy (non-hydrogen) atoms. The van der Waals surface area contributed by atoms with Gasteiger partial charge in [-0.3, -0.25) is 4.79 Å². The summed E-state index contributed by atoms with van der Waals surface area (Å²) in [6.45, 7) is 8.15. The van der Waals surface area contributed by atoms with Crippen molar-refractivity contribution in [3.8, 4) is 11.5 Å². The highest BCUT2D eigenvalue weighted by atomic mass is 35.5. The monoisotopic (exact) mass is 426 g/mol. The maximum absolute atomic E-state index is 12.8. The van der Waals surface area contributed by atoms with Gasteiger partial charge in [0.15, 0.2) is 5.52 Å². The van der Waals surface area contributed by atoms with Crippen LogP contribution in [-0.4, -0.2) is 17.7 Å². The first-order chi connectivity index (χ1) is 12.8. The highest BCUT2D eigenvalue weighted by Gasteiger charge is 2.18. The lowest BCUT2D eigenvalue weighted by atomic mass is 10.2. The standard InChI is InChI=1S/C21H25Cl2O3P/c1-5-13(3)25-15-10-11-19(18(12-15)26-14(4)6-2)27-21(24)20-16(22)8-7-9-17(20)23/h7-14,27H,5-6H2,1-4H3. The number of halogens is 2. The third kappa shape index (κ3) is 6.10. The fourth-order valence-electron chi connectivity index (χ4n) is 2.29. The molecule has 3 atom stereocenters. The van der Waals surface area contributed by atoms with Crippen molar-refractivity contribution in [1.29, 1.82) is 0 Å². The number of carbonyl (C=O) groups is 1. The molecule has 0 fully saturated rings. The van der Waals surface area contributed by atoms with E-state index in [9.17, 15) is 4.79 Å². The second-order valence-corrected chi connectivity index (χ2v) is 8.44. The zero-order valence-corrected chi connectivity index (χ0v) is 18.5. The van der Waals surface area contributed by atoms with Crippen molar-refractivity contribution < 1.29 is 14.3 Å². The van der Waals surface area contributed by atoms with Crippen LogP contribution in [0.15, 0.2) is 36.4 Å². The van der Waals surface area contributed by atoms with E-state index in [-0.39, 0.29) is 26.3 Å². The Kier molecular flexibility index (Phi) is 8.41. The van der Waals surface area contributed by atoms with Crippen LogP contribution in [0.2, 0.25) is 10.0 Å². The molecule has 0 heterocycles. The van der Waals surface area contributed by atoms with E-state index in [1.807, 2.05) is 32.0 Å². The van der Waals surface area contributed by atoms with Gasteiger partial charge in [-0.15, -0.1) is 0 Å². The normalized spacial score (nSPS) is 13.6. The van der Waals surface area contributed by atoms with Crippen LogP contribution in [0.1, 0.15) is 50.9 Å². The zero-order chi connectivity index (χ0) is 20.0. The molecule has 2 rings (SSSR count). The Labute approximate surface area is 173 Å². The topological polar surface area (TPSA) is 35.5 Å². The molecular weight excluding hydrogens is 402 g/mol. The molecule has 0 N–H and O–H groups in total. The predicted molar refractivity (Wildman–Crippen MR) is 116 cm³/mol. The lowest BCUT2D eigenvalue weighted by molar-refractivity contribution is 0.108. The number of hydrogen-bond acceptors (Lipinski definition) is 3. The van der Waals surface area contributed by atoms with Gasteiger partial charge in [0.05, 0.1) is 27.8 Å². The minimum Gasteiger partial charge on any atom is -0.491 e. The molecule has 2 aromatic rings. The molecule has 146 valence electrons. The van der Waals surface area contributed by atoms with E-state index < -0.39 is 0 Å². The molecule has 2 aromatic carbocycles. The average Bonchev–Trinajstić information content (AvgIpc) is 2.63. The van der Waals surface area contributed by atoms with Crippen molar-refractivity contribution in [2.24, 2.45) is 0 Å². The van der Waals surface area contributed by atoms with Crippen LogP contribution in [0.4, 0.5) is 0 Å². The van der Waals surface area contributed by atoms with Gasteiger partial charge in [-0.2, -0.15) is 0 Å². The maximum atomic E-state index is 12.8. The summed E-state index contributed by atoms with van der Waals surface area (Å²) in [7, 11) is -0.148. The lowest BCUT2D eigenvalue weighted by Gasteiger charge is -2.19. The second kappa shape index (κ2) is 10.3. The van der Waals surface area contributed by atoms with Crippen LogP contribution in [0.25, 0.3) is 0 Å². The number of rotatable bonds is 9. The Hall–Kier alpha value is -1.28. The van der Waals surface area contributed by atoms with Crippen LogP contribution in [0.3, 0.4) is 0 Å². The molecule has 3 unspecified atom stereocenters. The lowest BCUT2D eigenvalue weighted by Crippen LogP contribution is -2.16. The quantitative estimate of drug-likeness (QED) is 0.429. The molecule has 6 heteroatoms. The van der Waals surface area contributed by atoms with E-state index in [2.05, 4.69) is 13.8 Å². The molecule has 0 aromatic heterocycles. The van der Waals surface area contributed by atoms with Crippen molar-refractivity contribution in [3.63, 3.8) is 0 Å². The van der Waals surface area contributed by atoms with E-state index >= 15 is 0 Å². The molecule has 0 saturated carbocycles. The molecule has 0 spiro atoms. The summed E-state index contributed by atoms with van der Waals surface area (Å²) >= 11 is 12.4. The first kappa shape index (κ1) is 22.0. The maximum Gasteiger partial charge on any atom is 0.188 e. The Bertz CT molecular complexity index is 775. The fourth-order valence-corrected chi connectivity index (χ4v) is 4.08. The molecule has 3 nitrogen and oxygen atoms in total. The number of hydrogen-bond donors (Lipinski definition) is 0. The molecule has 0 amide bonds. The Balaban J connectivity index is 2.32. The smallest absolute Gasteiger partial charge is 0.188 e. The van der Waals surface area contributed by atoms with Crippen LogP contribution >= 0.6 is 31.8 Å². The summed E-state index contributed by atoms with van der Waals surface area (Å²) in [5.74, 6) is 1.40. The predicted octanol–water partition coefficient (Wildman–Crippen LogP) is 6.49. The first-order valence-electron chi connectivity index (χ1n) is 9.08. The Morgan fingerprint density at radius 3 is 2.19 bits per heavy atom. The molecule has 0 aliphatic carbocycles. The average molecular weight is 427 g/mol. The summed E-state index contributed by atoms with van der Waals surface area (Å²) in [5.41, 5.74) is 0.240. The van der Waals surface area contributed by atoms with Crippen molar-refractivity contribution in [1.82, 2.24) is 0 Å². The van der Waals surface area contributed by atoms with Crippen molar-refractivity contribution >= 4 is 42.6 Å². The summed E-state index contributed by atoms with van der Waals surface area (Å²) in [4.78, 5) is 12.8. The summed E-state index contributed by atoms with van der Waals surface area (Å²) in [5, 5.41) is 1.54. The second-order valence-electron chi connectivity index (χ2n) is 6.38.